The molecule has 0 fully saturated rings. The average Bonchev–Trinajstić information content (AvgIpc) is 2.24. The molecule has 0 saturated carbocycles. The maximum atomic E-state index is 5.57. The maximum absolute atomic E-state index is 5.57. The first-order valence-corrected chi connectivity index (χ1v) is 7.54. The van der Waals surface area contributed by atoms with E-state index in [2.05, 4.69) is 25.8 Å². The largest absolute Gasteiger partial charge is 0.424 e. The summed E-state index contributed by atoms with van der Waals surface area (Å²) in [4.78, 5) is 3.51. The SMILES string of the molecule is CCCC[Si](NC(C)CC)(OC)OC. The van der Waals surface area contributed by atoms with Crippen LogP contribution in [0.3, 0.4) is 0 Å². The van der Waals surface area contributed by atoms with Crippen molar-refractivity contribution in [1.82, 2.24) is 4.98 Å². The van der Waals surface area contributed by atoms with Gasteiger partial charge in [0.1, 0.15) is 0 Å². The Labute approximate surface area is 89.5 Å². The van der Waals surface area contributed by atoms with Gasteiger partial charge in [0.25, 0.3) is 0 Å². The van der Waals surface area contributed by atoms with Gasteiger partial charge in [-0.05, 0) is 6.42 Å². The molecule has 0 bridgehead atoms. The van der Waals surface area contributed by atoms with Crippen LogP contribution in [-0.4, -0.2) is 29.0 Å². The van der Waals surface area contributed by atoms with E-state index < -0.39 is 8.72 Å². The molecular weight excluding hydrogens is 194 g/mol. The summed E-state index contributed by atoms with van der Waals surface area (Å²) in [6, 6.07) is 1.50. The molecule has 86 valence electrons. The minimum absolute atomic E-state index is 0.471. The molecular formula is C10H25NO2Si. The summed E-state index contributed by atoms with van der Waals surface area (Å²) in [5.41, 5.74) is 0. The highest BCUT2D eigenvalue weighted by Crippen LogP contribution is 2.14. The van der Waals surface area contributed by atoms with E-state index in [1.165, 1.54) is 6.42 Å². The monoisotopic (exact) mass is 219 g/mol. The normalized spacial score (nSPS) is 14.4. The molecule has 0 spiro atoms. The van der Waals surface area contributed by atoms with Crippen molar-refractivity contribution in [3.63, 3.8) is 0 Å². The van der Waals surface area contributed by atoms with Crippen molar-refractivity contribution in [2.24, 2.45) is 0 Å². The highest BCUT2D eigenvalue weighted by atomic mass is 28.4. The fourth-order valence-electron chi connectivity index (χ4n) is 1.36. The van der Waals surface area contributed by atoms with E-state index in [9.17, 15) is 0 Å². The second-order valence-electron chi connectivity index (χ2n) is 3.72. The highest BCUT2D eigenvalue weighted by molar-refractivity contribution is 6.64. The first-order valence-electron chi connectivity index (χ1n) is 5.52. The second kappa shape index (κ2) is 7.40. The van der Waals surface area contributed by atoms with Gasteiger partial charge in [0.05, 0.1) is 0 Å². The van der Waals surface area contributed by atoms with Gasteiger partial charge >= 0.3 is 8.72 Å². The minimum Gasteiger partial charge on any atom is -0.386 e. The van der Waals surface area contributed by atoms with E-state index in [1.54, 1.807) is 14.2 Å². The molecule has 14 heavy (non-hydrogen) atoms. The van der Waals surface area contributed by atoms with Gasteiger partial charge in [0, 0.05) is 26.3 Å². The molecule has 0 heterocycles. The van der Waals surface area contributed by atoms with Crippen LogP contribution in [0.15, 0.2) is 0 Å². The molecule has 0 aliphatic heterocycles. The van der Waals surface area contributed by atoms with E-state index in [0.717, 1.165) is 18.9 Å². The van der Waals surface area contributed by atoms with Crippen LogP contribution < -0.4 is 4.98 Å². The van der Waals surface area contributed by atoms with Crippen molar-refractivity contribution in [1.29, 1.82) is 0 Å². The van der Waals surface area contributed by atoms with Gasteiger partial charge in [0.2, 0.25) is 0 Å². The van der Waals surface area contributed by atoms with Crippen LogP contribution in [0.2, 0.25) is 6.04 Å². The summed E-state index contributed by atoms with van der Waals surface area (Å²) in [7, 11) is 1.40. The molecule has 1 unspecified atom stereocenters. The fourth-order valence-corrected chi connectivity index (χ4v) is 4.09. The topological polar surface area (TPSA) is 30.5 Å². The Balaban J connectivity index is 4.20. The molecule has 0 saturated heterocycles. The van der Waals surface area contributed by atoms with Gasteiger partial charge in [-0.25, -0.2) is 0 Å². The zero-order valence-corrected chi connectivity index (χ0v) is 11.2. The summed E-state index contributed by atoms with van der Waals surface area (Å²) in [6.07, 6.45) is 3.45. The van der Waals surface area contributed by atoms with Crippen LogP contribution in [-0.2, 0) is 8.85 Å². The molecule has 0 rings (SSSR count). The molecule has 0 aromatic heterocycles. The molecule has 0 aromatic carbocycles. The molecule has 0 radical (unpaired) electrons. The quantitative estimate of drug-likeness (QED) is 0.636. The number of rotatable bonds is 8. The lowest BCUT2D eigenvalue weighted by molar-refractivity contribution is 0.220. The molecule has 1 atom stereocenters. The molecule has 0 aromatic rings. The fraction of sp³-hybridized carbons (Fsp3) is 1.00. The summed E-state index contributed by atoms with van der Waals surface area (Å²) in [5, 5.41) is 0. The third-order valence-electron chi connectivity index (χ3n) is 2.60. The zero-order valence-electron chi connectivity index (χ0n) is 10.2. The first-order chi connectivity index (χ1) is 6.64. The predicted molar refractivity (Wildman–Crippen MR) is 62.4 cm³/mol. The molecule has 0 aliphatic carbocycles. The summed E-state index contributed by atoms with van der Waals surface area (Å²) >= 11 is 0. The average molecular weight is 219 g/mol. The standard InChI is InChI=1S/C10H25NO2Si/c1-6-8-9-14(12-4,13-5)11-10(3)7-2/h10-11H,6-9H2,1-5H3. The number of nitrogens with one attached hydrogen (secondary N) is 1. The lowest BCUT2D eigenvalue weighted by atomic mass is 10.3. The number of hydrogen-bond acceptors (Lipinski definition) is 3. The Bertz CT molecular complexity index is 140. The van der Waals surface area contributed by atoms with Gasteiger partial charge < -0.3 is 8.85 Å². The molecule has 0 aliphatic rings. The highest BCUT2D eigenvalue weighted by Gasteiger charge is 2.36. The van der Waals surface area contributed by atoms with Crippen molar-refractivity contribution in [2.75, 3.05) is 14.2 Å². The molecule has 3 nitrogen and oxygen atoms in total. The Hall–Kier alpha value is 0.0969. The van der Waals surface area contributed by atoms with E-state index in [0.29, 0.717) is 6.04 Å². The van der Waals surface area contributed by atoms with Crippen LogP contribution in [0.4, 0.5) is 0 Å². The summed E-state index contributed by atoms with van der Waals surface area (Å²) in [6.45, 7) is 6.53. The third-order valence-corrected chi connectivity index (χ3v) is 5.86. The van der Waals surface area contributed by atoms with E-state index in [4.69, 9.17) is 8.85 Å². The number of unbranched alkanes of at least 4 members (excludes halogenated alkanes) is 1. The van der Waals surface area contributed by atoms with E-state index in [1.807, 2.05) is 0 Å². The molecule has 4 heteroatoms. The van der Waals surface area contributed by atoms with Crippen molar-refractivity contribution >= 4 is 8.72 Å². The summed E-state index contributed by atoms with van der Waals surface area (Å²) < 4.78 is 11.1. The third kappa shape index (κ3) is 4.55. The van der Waals surface area contributed by atoms with Gasteiger partial charge in [-0.1, -0.05) is 33.6 Å². The van der Waals surface area contributed by atoms with Crippen molar-refractivity contribution < 1.29 is 8.85 Å². The first kappa shape index (κ1) is 14.1. The van der Waals surface area contributed by atoms with Gasteiger partial charge in [-0.15, -0.1) is 0 Å². The van der Waals surface area contributed by atoms with Gasteiger partial charge in [-0.2, -0.15) is 0 Å². The minimum atomic E-state index is -2.10. The smallest absolute Gasteiger partial charge is 0.386 e. The maximum Gasteiger partial charge on any atom is 0.424 e. The van der Waals surface area contributed by atoms with Crippen LogP contribution in [0.5, 0.6) is 0 Å². The van der Waals surface area contributed by atoms with Crippen molar-refractivity contribution in [3.05, 3.63) is 0 Å². The van der Waals surface area contributed by atoms with E-state index >= 15 is 0 Å². The predicted octanol–water partition coefficient (Wildman–Crippen LogP) is 2.41. The van der Waals surface area contributed by atoms with Crippen LogP contribution in [0, 0.1) is 0 Å². The Morgan fingerprint density at radius 3 is 2.14 bits per heavy atom. The van der Waals surface area contributed by atoms with Gasteiger partial charge in [-0.3, -0.25) is 4.98 Å². The Morgan fingerprint density at radius 2 is 1.79 bits per heavy atom. The van der Waals surface area contributed by atoms with Crippen LogP contribution >= 0.6 is 0 Å². The second-order valence-corrected chi connectivity index (χ2v) is 6.83. The van der Waals surface area contributed by atoms with Gasteiger partial charge in [0.15, 0.2) is 0 Å². The lowest BCUT2D eigenvalue weighted by Crippen LogP contribution is -2.57. The van der Waals surface area contributed by atoms with Crippen LogP contribution in [0.25, 0.3) is 0 Å². The Morgan fingerprint density at radius 1 is 1.21 bits per heavy atom. The van der Waals surface area contributed by atoms with Crippen molar-refractivity contribution in [2.45, 2.75) is 52.1 Å². The Kier molecular flexibility index (Phi) is 7.45. The zero-order chi connectivity index (χ0) is 11.0. The summed E-state index contributed by atoms with van der Waals surface area (Å²) in [5.74, 6) is 0. The number of hydrogen-bond donors (Lipinski definition) is 1. The lowest BCUT2D eigenvalue weighted by Gasteiger charge is -2.30. The van der Waals surface area contributed by atoms with E-state index in [-0.39, 0.29) is 0 Å². The molecule has 1 N–H and O–H groups in total. The van der Waals surface area contributed by atoms with Crippen molar-refractivity contribution in [3.8, 4) is 0 Å². The molecule has 0 amide bonds. The van der Waals surface area contributed by atoms with Crippen LogP contribution in [0.1, 0.15) is 40.0 Å².